The Balaban J connectivity index is 1.63. The highest BCUT2D eigenvalue weighted by Crippen LogP contribution is 2.08. The minimum atomic E-state index is 0.0999. The standard InChI is InChI=1S/C13H18N4OS/c1-11(7-12-4-6-19-8-12)16-13(18)3-2-5-17-10-14-9-15-17/h4,6,8-11H,2-3,5,7H2,1H3,(H,16,18). The van der Waals surface area contributed by atoms with Crippen LogP contribution in [0.15, 0.2) is 29.5 Å². The highest BCUT2D eigenvalue weighted by molar-refractivity contribution is 7.07. The van der Waals surface area contributed by atoms with Crippen molar-refractivity contribution in [3.8, 4) is 0 Å². The van der Waals surface area contributed by atoms with Crippen LogP contribution in [0, 0.1) is 0 Å². The van der Waals surface area contributed by atoms with Crippen LogP contribution in [-0.2, 0) is 17.8 Å². The van der Waals surface area contributed by atoms with E-state index < -0.39 is 0 Å². The Morgan fingerprint density at radius 1 is 1.58 bits per heavy atom. The van der Waals surface area contributed by atoms with Gasteiger partial charge in [-0.1, -0.05) is 0 Å². The molecule has 2 heterocycles. The first kappa shape index (κ1) is 13.7. The maximum absolute atomic E-state index is 11.8. The van der Waals surface area contributed by atoms with Gasteiger partial charge in [0.1, 0.15) is 12.7 Å². The van der Waals surface area contributed by atoms with E-state index in [2.05, 4.69) is 32.2 Å². The molecule has 0 spiro atoms. The van der Waals surface area contributed by atoms with E-state index in [1.807, 2.05) is 6.92 Å². The summed E-state index contributed by atoms with van der Waals surface area (Å²) in [4.78, 5) is 15.6. The van der Waals surface area contributed by atoms with Crippen molar-refractivity contribution in [2.24, 2.45) is 0 Å². The number of hydrogen-bond acceptors (Lipinski definition) is 4. The molecular formula is C13H18N4OS. The third-order valence-electron chi connectivity index (χ3n) is 2.79. The second kappa shape index (κ2) is 7.04. The predicted molar refractivity (Wildman–Crippen MR) is 74.9 cm³/mol. The van der Waals surface area contributed by atoms with Gasteiger partial charge in [0.25, 0.3) is 0 Å². The van der Waals surface area contributed by atoms with Gasteiger partial charge in [-0.15, -0.1) is 0 Å². The zero-order valence-corrected chi connectivity index (χ0v) is 11.8. The average Bonchev–Trinajstić information content (AvgIpc) is 3.01. The van der Waals surface area contributed by atoms with E-state index in [4.69, 9.17) is 0 Å². The third kappa shape index (κ3) is 4.82. The van der Waals surface area contributed by atoms with E-state index >= 15 is 0 Å². The van der Waals surface area contributed by atoms with Crippen molar-refractivity contribution in [1.82, 2.24) is 20.1 Å². The largest absolute Gasteiger partial charge is 0.353 e. The Kier molecular flexibility index (Phi) is 5.09. The molecule has 1 unspecified atom stereocenters. The first-order valence-electron chi connectivity index (χ1n) is 6.37. The molecule has 0 bridgehead atoms. The van der Waals surface area contributed by atoms with Crippen LogP contribution in [0.5, 0.6) is 0 Å². The molecule has 0 saturated heterocycles. The fourth-order valence-corrected chi connectivity index (χ4v) is 2.59. The lowest BCUT2D eigenvalue weighted by Crippen LogP contribution is -2.33. The molecule has 0 aliphatic carbocycles. The van der Waals surface area contributed by atoms with Crippen molar-refractivity contribution < 1.29 is 4.79 Å². The summed E-state index contributed by atoms with van der Waals surface area (Å²) in [6.07, 6.45) is 5.35. The molecule has 0 aliphatic heterocycles. The second-order valence-electron chi connectivity index (χ2n) is 4.57. The van der Waals surface area contributed by atoms with Gasteiger partial charge in [-0.05, 0) is 42.2 Å². The molecule has 0 fully saturated rings. The van der Waals surface area contributed by atoms with Crippen molar-refractivity contribution in [1.29, 1.82) is 0 Å². The Morgan fingerprint density at radius 3 is 3.16 bits per heavy atom. The highest BCUT2D eigenvalue weighted by atomic mass is 32.1. The Hall–Kier alpha value is -1.69. The summed E-state index contributed by atoms with van der Waals surface area (Å²) in [6, 6.07) is 2.27. The van der Waals surface area contributed by atoms with Gasteiger partial charge < -0.3 is 5.32 Å². The van der Waals surface area contributed by atoms with Crippen LogP contribution in [0.4, 0.5) is 0 Å². The molecule has 19 heavy (non-hydrogen) atoms. The molecule has 1 N–H and O–H groups in total. The number of hydrogen-bond donors (Lipinski definition) is 1. The van der Waals surface area contributed by atoms with E-state index in [0.717, 1.165) is 19.4 Å². The van der Waals surface area contributed by atoms with Gasteiger partial charge in [-0.2, -0.15) is 16.4 Å². The maximum atomic E-state index is 11.8. The van der Waals surface area contributed by atoms with E-state index in [0.29, 0.717) is 6.42 Å². The van der Waals surface area contributed by atoms with Gasteiger partial charge in [0, 0.05) is 19.0 Å². The Morgan fingerprint density at radius 2 is 2.47 bits per heavy atom. The molecule has 2 aromatic rings. The fraction of sp³-hybridized carbons (Fsp3) is 0.462. The number of aryl methyl sites for hydroxylation is 1. The summed E-state index contributed by atoms with van der Waals surface area (Å²) in [7, 11) is 0. The Labute approximate surface area is 116 Å². The molecule has 6 heteroatoms. The Bertz CT molecular complexity index is 481. The SMILES string of the molecule is CC(Cc1ccsc1)NC(=O)CCCn1cncn1. The third-order valence-corrected chi connectivity index (χ3v) is 3.52. The molecule has 0 saturated carbocycles. The van der Waals surface area contributed by atoms with E-state index in [1.165, 1.54) is 11.9 Å². The minimum absolute atomic E-state index is 0.0999. The van der Waals surface area contributed by atoms with Gasteiger partial charge >= 0.3 is 0 Å². The van der Waals surface area contributed by atoms with Crippen molar-refractivity contribution in [3.05, 3.63) is 35.0 Å². The molecular weight excluding hydrogens is 260 g/mol. The van der Waals surface area contributed by atoms with Crippen LogP contribution < -0.4 is 5.32 Å². The van der Waals surface area contributed by atoms with Crippen molar-refractivity contribution in [2.45, 2.75) is 38.8 Å². The number of amides is 1. The van der Waals surface area contributed by atoms with Gasteiger partial charge in [0.05, 0.1) is 0 Å². The lowest BCUT2D eigenvalue weighted by Gasteiger charge is -2.13. The summed E-state index contributed by atoms with van der Waals surface area (Å²) < 4.78 is 1.74. The van der Waals surface area contributed by atoms with E-state index in [1.54, 1.807) is 22.3 Å². The molecule has 0 aromatic carbocycles. The monoisotopic (exact) mass is 278 g/mol. The summed E-state index contributed by atoms with van der Waals surface area (Å²) in [5.41, 5.74) is 1.28. The number of nitrogens with zero attached hydrogens (tertiary/aromatic N) is 3. The molecule has 0 radical (unpaired) electrons. The topological polar surface area (TPSA) is 59.8 Å². The zero-order valence-electron chi connectivity index (χ0n) is 11.0. The van der Waals surface area contributed by atoms with Crippen molar-refractivity contribution in [3.63, 3.8) is 0 Å². The highest BCUT2D eigenvalue weighted by Gasteiger charge is 2.08. The quantitative estimate of drug-likeness (QED) is 0.841. The van der Waals surface area contributed by atoms with Gasteiger partial charge in [0.15, 0.2) is 0 Å². The van der Waals surface area contributed by atoms with Gasteiger partial charge in [-0.25, -0.2) is 4.98 Å². The van der Waals surface area contributed by atoms with Crippen LogP contribution in [0.25, 0.3) is 0 Å². The molecule has 5 nitrogen and oxygen atoms in total. The van der Waals surface area contributed by atoms with Crippen molar-refractivity contribution in [2.75, 3.05) is 0 Å². The smallest absolute Gasteiger partial charge is 0.220 e. The number of nitrogens with one attached hydrogen (secondary N) is 1. The zero-order chi connectivity index (χ0) is 13.5. The fourth-order valence-electron chi connectivity index (χ4n) is 1.91. The summed E-state index contributed by atoms with van der Waals surface area (Å²) >= 11 is 1.68. The number of aromatic nitrogens is 3. The second-order valence-corrected chi connectivity index (χ2v) is 5.35. The maximum Gasteiger partial charge on any atom is 0.220 e. The van der Waals surface area contributed by atoms with Crippen LogP contribution in [0.1, 0.15) is 25.3 Å². The molecule has 102 valence electrons. The van der Waals surface area contributed by atoms with Gasteiger partial charge in [-0.3, -0.25) is 9.48 Å². The summed E-state index contributed by atoms with van der Waals surface area (Å²) in [5, 5.41) is 11.2. The number of carbonyl (C=O) groups excluding carboxylic acids is 1. The molecule has 2 aromatic heterocycles. The number of thiophene rings is 1. The number of carbonyl (C=O) groups is 1. The molecule has 1 amide bonds. The molecule has 0 aliphatic rings. The first-order valence-corrected chi connectivity index (χ1v) is 7.31. The minimum Gasteiger partial charge on any atom is -0.353 e. The van der Waals surface area contributed by atoms with E-state index in [9.17, 15) is 4.79 Å². The first-order chi connectivity index (χ1) is 9.24. The van der Waals surface area contributed by atoms with Crippen LogP contribution >= 0.6 is 11.3 Å². The van der Waals surface area contributed by atoms with Crippen LogP contribution in [0.3, 0.4) is 0 Å². The average molecular weight is 278 g/mol. The normalized spacial score (nSPS) is 12.3. The number of rotatable bonds is 7. The van der Waals surface area contributed by atoms with E-state index in [-0.39, 0.29) is 11.9 Å². The van der Waals surface area contributed by atoms with Crippen LogP contribution in [0.2, 0.25) is 0 Å². The lowest BCUT2D eigenvalue weighted by atomic mass is 10.1. The molecule has 2 rings (SSSR count). The van der Waals surface area contributed by atoms with Crippen molar-refractivity contribution >= 4 is 17.2 Å². The molecule has 1 atom stereocenters. The predicted octanol–water partition coefficient (Wildman–Crippen LogP) is 1.87. The lowest BCUT2D eigenvalue weighted by molar-refractivity contribution is -0.121. The summed E-state index contributed by atoms with van der Waals surface area (Å²) in [5.74, 6) is 0.0999. The summed E-state index contributed by atoms with van der Waals surface area (Å²) in [6.45, 7) is 2.76. The van der Waals surface area contributed by atoms with Gasteiger partial charge in [0.2, 0.25) is 5.91 Å². The van der Waals surface area contributed by atoms with Crippen LogP contribution in [-0.4, -0.2) is 26.7 Å².